The standard InChI is InChI=1S/C29H40F4N2O5Si/c1-25(2,3)40-24(36)34-15-28(37,29(31,32)33)21-14-20-23(22(35-21)18-10-12-19(30)13-11-18)38-16-27(20,7)17-39-41(8,9)26(4,5)6/h10-14,37H,15-17H2,1-9H3,(H,34,36)/t27-,28?/m1/s1. The molecule has 12 heteroatoms. The zero-order valence-corrected chi connectivity index (χ0v) is 26.0. The smallest absolute Gasteiger partial charge is 0.424 e. The van der Waals surface area contributed by atoms with Gasteiger partial charge in [-0.2, -0.15) is 13.2 Å². The van der Waals surface area contributed by atoms with Gasteiger partial charge in [0.05, 0.1) is 17.7 Å². The number of carbonyl (C=O) groups is 1. The summed E-state index contributed by atoms with van der Waals surface area (Å²) in [7, 11) is -2.25. The summed E-state index contributed by atoms with van der Waals surface area (Å²) in [5.74, 6) is -0.310. The number of hydrogen-bond acceptors (Lipinski definition) is 6. The third kappa shape index (κ3) is 7.03. The van der Waals surface area contributed by atoms with E-state index in [1.54, 1.807) is 20.8 Å². The van der Waals surface area contributed by atoms with Crippen LogP contribution in [-0.2, 0) is 20.2 Å². The van der Waals surface area contributed by atoms with Gasteiger partial charge in [-0.1, -0.05) is 20.8 Å². The van der Waals surface area contributed by atoms with Crippen molar-refractivity contribution in [2.45, 2.75) is 89.4 Å². The summed E-state index contributed by atoms with van der Waals surface area (Å²) in [4.78, 5) is 16.4. The molecule has 0 fully saturated rings. The number of alkyl halides is 3. The van der Waals surface area contributed by atoms with E-state index in [0.717, 1.165) is 18.2 Å². The molecule has 0 aliphatic carbocycles. The average Bonchev–Trinajstić information content (AvgIpc) is 3.16. The van der Waals surface area contributed by atoms with E-state index < -0.39 is 55.3 Å². The fourth-order valence-corrected chi connectivity index (χ4v) is 5.09. The predicted molar refractivity (Wildman–Crippen MR) is 150 cm³/mol. The van der Waals surface area contributed by atoms with Crippen LogP contribution in [0.15, 0.2) is 30.3 Å². The highest BCUT2D eigenvalue weighted by molar-refractivity contribution is 6.74. The number of benzene rings is 1. The Morgan fingerprint density at radius 2 is 1.71 bits per heavy atom. The number of amides is 1. The molecule has 1 aromatic carbocycles. The van der Waals surface area contributed by atoms with Crippen molar-refractivity contribution < 1.29 is 41.4 Å². The maximum atomic E-state index is 14.6. The van der Waals surface area contributed by atoms with E-state index in [0.29, 0.717) is 11.1 Å². The van der Waals surface area contributed by atoms with E-state index >= 15 is 0 Å². The molecule has 0 spiro atoms. The number of fused-ring (bicyclic) bond motifs is 1. The Morgan fingerprint density at radius 3 is 2.22 bits per heavy atom. The maximum absolute atomic E-state index is 14.6. The lowest BCUT2D eigenvalue weighted by molar-refractivity contribution is -0.265. The van der Waals surface area contributed by atoms with Crippen LogP contribution in [0.25, 0.3) is 11.3 Å². The number of hydrogen-bond donors (Lipinski definition) is 2. The molecule has 2 aromatic rings. The van der Waals surface area contributed by atoms with E-state index in [-0.39, 0.29) is 29.7 Å². The number of pyridine rings is 1. The number of aromatic nitrogens is 1. The Hall–Kier alpha value is -2.70. The van der Waals surface area contributed by atoms with Crippen LogP contribution in [-0.4, -0.2) is 56.0 Å². The van der Waals surface area contributed by atoms with Crippen molar-refractivity contribution in [3.8, 4) is 17.0 Å². The van der Waals surface area contributed by atoms with Crippen molar-refractivity contribution in [1.82, 2.24) is 10.3 Å². The first kappa shape index (κ1) is 32.8. The molecule has 2 heterocycles. The summed E-state index contributed by atoms with van der Waals surface area (Å²) in [6.45, 7) is 15.9. The molecule has 0 saturated carbocycles. The summed E-state index contributed by atoms with van der Waals surface area (Å²) >= 11 is 0. The first-order valence-electron chi connectivity index (χ1n) is 13.3. The Morgan fingerprint density at radius 1 is 1.12 bits per heavy atom. The van der Waals surface area contributed by atoms with Crippen LogP contribution in [0.3, 0.4) is 0 Å². The van der Waals surface area contributed by atoms with E-state index in [4.69, 9.17) is 13.9 Å². The molecule has 0 radical (unpaired) electrons. The van der Waals surface area contributed by atoms with Crippen molar-refractivity contribution in [2.75, 3.05) is 19.8 Å². The molecule has 228 valence electrons. The van der Waals surface area contributed by atoms with Gasteiger partial charge in [0, 0.05) is 17.7 Å². The number of carbonyl (C=O) groups excluding carboxylic acids is 1. The Bertz CT molecular complexity index is 1270. The highest BCUT2D eigenvalue weighted by Crippen LogP contribution is 2.48. The van der Waals surface area contributed by atoms with Gasteiger partial charge in [0.15, 0.2) is 8.32 Å². The second kappa shape index (κ2) is 10.8. The minimum absolute atomic E-state index is 0.00787. The van der Waals surface area contributed by atoms with Crippen molar-refractivity contribution >= 4 is 14.4 Å². The number of nitrogens with zero attached hydrogens (tertiary/aromatic N) is 1. The van der Waals surface area contributed by atoms with Gasteiger partial charge in [0.25, 0.3) is 0 Å². The summed E-state index contributed by atoms with van der Waals surface area (Å²) in [6.07, 6.45) is -6.37. The largest absolute Gasteiger partial charge is 0.490 e. The first-order valence-corrected chi connectivity index (χ1v) is 16.2. The molecule has 1 aliphatic heterocycles. The molecule has 1 aliphatic rings. The molecular weight excluding hydrogens is 560 g/mol. The molecule has 1 amide bonds. The number of alkyl carbamates (subject to hydrolysis) is 1. The quantitative estimate of drug-likeness (QED) is 0.267. The van der Waals surface area contributed by atoms with Gasteiger partial charge in [-0.15, -0.1) is 0 Å². The number of halogens is 4. The van der Waals surface area contributed by atoms with Crippen LogP contribution in [0.4, 0.5) is 22.4 Å². The SMILES string of the molecule is CC(C)(C)OC(=O)NCC(O)(c1cc2c(c(-c3ccc(F)cc3)n1)OC[C@]2(C)CO[Si](C)(C)C(C)(C)C)C(F)(F)F. The normalized spacial score (nSPS) is 19.3. The van der Waals surface area contributed by atoms with Crippen LogP contribution in [0.1, 0.15) is 59.7 Å². The fourth-order valence-electron chi connectivity index (χ4n) is 3.98. The highest BCUT2D eigenvalue weighted by atomic mass is 28.4. The molecule has 1 aromatic heterocycles. The molecule has 0 saturated heterocycles. The minimum atomic E-state index is -5.24. The van der Waals surface area contributed by atoms with Crippen molar-refractivity contribution in [1.29, 1.82) is 0 Å². The first-order chi connectivity index (χ1) is 18.5. The van der Waals surface area contributed by atoms with E-state index in [1.807, 2.05) is 12.2 Å². The van der Waals surface area contributed by atoms with Gasteiger partial charge in [-0.25, -0.2) is 14.2 Å². The van der Waals surface area contributed by atoms with Crippen LogP contribution >= 0.6 is 0 Å². The van der Waals surface area contributed by atoms with Gasteiger partial charge in [-0.3, -0.25) is 0 Å². The zero-order valence-electron chi connectivity index (χ0n) is 25.0. The predicted octanol–water partition coefficient (Wildman–Crippen LogP) is 6.83. The third-order valence-corrected chi connectivity index (χ3v) is 12.1. The summed E-state index contributed by atoms with van der Waals surface area (Å²) < 4.78 is 74.9. The molecule has 1 unspecified atom stereocenters. The topological polar surface area (TPSA) is 89.9 Å². The minimum Gasteiger partial charge on any atom is -0.490 e. The number of nitrogens with one attached hydrogen (secondary N) is 1. The summed E-state index contributed by atoms with van der Waals surface area (Å²) in [6, 6.07) is 6.22. The molecule has 0 bridgehead atoms. The highest BCUT2D eigenvalue weighted by Gasteiger charge is 2.57. The number of aliphatic hydroxyl groups is 1. The molecule has 7 nitrogen and oxygen atoms in total. The molecular formula is C29H40F4N2O5Si. The van der Waals surface area contributed by atoms with E-state index in [2.05, 4.69) is 38.8 Å². The van der Waals surface area contributed by atoms with Crippen LogP contribution in [0.2, 0.25) is 18.1 Å². The lowest BCUT2D eigenvalue weighted by Gasteiger charge is -2.39. The van der Waals surface area contributed by atoms with Crippen molar-refractivity contribution in [3.05, 3.63) is 47.4 Å². The lowest BCUT2D eigenvalue weighted by atomic mass is 9.83. The fraction of sp³-hybridized carbons (Fsp3) is 0.586. The van der Waals surface area contributed by atoms with Crippen molar-refractivity contribution in [3.63, 3.8) is 0 Å². The lowest BCUT2D eigenvalue weighted by Crippen LogP contribution is -2.52. The van der Waals surface area contributed by atoms with Gasteiger partial charge in [0.1, 0.15) is 29.5 Å². The van der Waals surface area contributed by atoms with Gasteiger partial charge in [0.2, 0.25) is 5.60 Å². The summed E-state index contributed by atoms with van der Waals surface area (Å²) in [5, 5.41) is 13.1. The van der Waals surface area contributed by atoms with Gasteiger partial charge < -0.3 is 24.3 Å². The molecule has 2 N–H and O–H groups in total. The molecule has 2 atom stereocenters. The zero-order chi connectivity index (χ0) is 31.2. The van der Waals surface area contributed by atoms with E-state index in [9.17, 15) is 27.5 Å². The molecule has 3 rings (SSSR count). The van der Waals surface area contributed by atoms with Crippen LogP contribution in [0, 0.1) is 5.82 Å². The van der Waals surface area contributed by atoms with Gasteiger partial charge >= 0.3 is 12.3 Å². The molecule has 41 heavy (non-hydrogen) atoms. The number of rotatable bonds is 7. The third-order valence-electron chi connectivity index (χ3n) is 7.61. The Kier molecular flexibility index (Phi) is 8.68. The van der Waals surface area contributed by atoms with Crippen LogP contribution < -0.4 is 10.1 Å². The van der Waals surface area contributed by atoms with Crippen molar-refractivity contribution in [2.24, 2.45) is 0 Å². The van der Waals surface area contributed by atoms with Crippen LogP contribution in [0.5, 0.6) is 5.75 Å². The Labute approximate surface area is 239 Å². The van der Waals surface area contributed by atoms with E-state index in [1.165, 1.54) is 12.1 Å². The second-order valence-corrected chi connectivity index (χ2v) is 18.2. The monoisotopic (exact) mass is 600 g/mol. The summed E-state index contributed by atoms with van der Waals surface area (Å²) in [5.41, 5.74) is -5.52. The maximum Gasteiger partial charge on any atom is 0.424 e. The average molecular weight is 601 g/mol. The van der Waals surface area contributed by atoms with Gasteiger partial charge in [-0.05, 0) is 76.2 Å². The number of ether oxygens (including phenoxy) is 2. The second-order valence-electron chi connectivity index (χ2n) is 13.4. The Balaban J connectivity index is 2.16.